The molecule has 0 aromatic rings. The third kappa shape index (κ3) is 4.61. The Balaban J connectivity index is 0. The summed E-state index contributed by atoms with van der Waals surface area (Å²) in [4.78, 5) is 13.9. The quantitative estimate of drug-likeness (QED) is 0.274. The highest BCUT2D eigenvalue weighted by molar-refractivity contribution is 5.75. The van der Waals surface area contributed by atoms with Crippen molar-refractivity contribution in [2.24, 2.45) is 4.99 Å². The zero-order chi connectivity index (χ0) is 9.98. The first kappa shape index (κ1) is 13.4. The molecule has 0 bridgehead atoms. The monoisotopic (exact) mass is 167 g/mol. The Hall–Kier alpha value is -1.18. The number of rotatable bonds is 4. The summed E-state index contributed by atoms with van der Waals surface area (Å²) in [6, 6.07) is 0. The summed E-state index contributed by atoms with van der Waals surface area (Å²) in [5.41, 5.74) is 1.22. The van der Waals surface area contributed by atoms with Gasteiger partial charge in [0.2, 0.25) is 0 Å². The van der Waals surface area contributed by atoms with E-state index in [0.717, 1.165) is 6.29 Å². The lowest BCUT2D eigenvalue weighted by Gasteiger charge is -1.95. The van der Waals surface area contributed by atoms with Gasteiger partial charge in [-0.2, -0.15) is 0 Å². The van der Waals surface area contributed by atoms with E-state index in [-0.39, 0.29) is 0 Å². The van der Waals surface area contributed by atoms with E-state index in [2.05, 4.69) is 18.3 Å². The molecule has 0 spiro atoms. The van der Waals surface area contributed by atoms with E-state index < -0.39 is 0 Å². The van der Waals surface area contributed by atoms with Crippen molar-refractivity contribution in [3.63, 3.8) is 0 Å². The number of hydrogen-bond acceptors (Lipinski definition) is 2. The lowest BCUT2D eigenvalue weighted by atomic mass is 10.2. The summed E-state index contributed by atoms with van der Waals surface area (Å²) in [6.45, 7) is 12.7. The first-order valence-corrected chi connectivity index (χ1v) is 4.07. The smallest absolute Gasteiger partial charge is 0.148 e. The van der Waals surface area contributed by atoms with Gasteiger partial charge in [-0.15, -0.1) is 0 Å². The van der Waals surface area contributed by atoms with E-state index in [0.29, 0.717) is 17.7 Å². The minimum absolute atomic E-state index is 0.581. The molecule has 0 N–H and O–H groups in total. The maximum Gasteiger partial charge on any atom is 0.148 e. The van der Waals surface area contributed by atoms with Crippen LogP contribution >= 0.6 is 0 Å². The zero-order valence-electron chi connectivity index (χ0n) is 8.13. The predicted octanol–water partition coefficient (Wildman–Crippen LogP) is 2.76. The molecule has 0 saturated heterocycles. The molecule has 0 unspecified atom stereocenters. The lowest BCUT2D eigenvalue weighted by Crippen LogP contribution is -1.86. The van der Waals surface area contributed by atoms with Gasteiger partial charge in [0.05, 0.1) is 5.70 Å². The Labute approximate surface area is 74.7 Å². The topological polar surface area (TPSA) is 29.4 Å². The summed E-state index contributed by atoms with van der Waals surface area (Å²) in [5, 5.41) is 0. The molecule has 0 aliphatic heterocycles. The maximum atomic E-state index is 10.3. The molecule has 0 aromatic heterocycles. The van der Waals surface area contributed by atoms with Crippen LogP contribution in [0.2, 0.25) is 0 Å². The van der Waals surface area contributed by atoms with Gasteiger partial charge >= 0.3 is 0 Å². The van der Waals surface area contributed by atoms with E-state index in [9.17, 15) is 4.79 Å². The average Bonchev–Trinajstić information content (AvgIpc) is 2.17. The van der Waals surface area contributed by atoms with E-state index in [4.69, 9.17) is 0 Å². The fourth-order valence-electron chi connectivity index (χ4n) is 0.622. The largest absolute Gasteiger partial charge is 0.298 e. The molecule has 0 aliphatic rings. The van der Waals surface area contributed by atoms with Crippen molar-refractivity contribution >= 4 is 13.0 Å². The Morgan fingerprint density at radius 2 is 2.00 bits per heavy atom. The molecule has 0 amide bonds. The molecule has 2 heteroatoms. The molecule has 0 heterocycles. The Kier molecular flexibility index (Phi) is 11.0. The van der Waals surface area contributed by atoms with Crippen molar-refractivity contribution in [1.82, 2.24) is 0 Å². The third-order valence-corrected chi connectivity index (χ3v) is 1.22. The van der Waals surface area contributed by atoms with E-state index in [1.54, 1.807) is 0 Å². The van der Waals surface area contributed by atoms with Crippen LogP contribution in [0.1, 0.15) is 27.2 Å². The molecule has 2 nitrogen and oxygen atoms in total. The molecule has 0 saturated carbocycles. The molecule has 0 atom stereocenters. The van der Waals surface area contributed by atoms with Crippen molar-refractivity contribution in [3.05, 3.63) is 23.9 Å². The van der Waals surface area contributed by atoms with Gasteiger partial charge in [-0.1, -0.05) is 27.4 Å². The highest BCUT2D eigenvalue weighted by atomic mass is 16.1. The van der Waals surface area contributed by atoms with Gasteiger partial charge in [0.25, 0.3) is 0 Å². The second-order valence-electron chi connectivity index (χ2n) is 1.74. The van der Waals surface area contributed by atoms with Crippen LogP contribution in [-0.4, -0.2) is 13.0 Å². The molecule has 0 aromatic carbocycles. The highest BCUT2D eigenvalue weighted by Crippen LogP contribution is 2.07. The number of aldehydes is 1. The number of nitrogens with zero attached hydrogens (tertiary/aromatic N) is 1. The fourth-order valence-corrected chi connectivity index (χ4v) is 0.622. The molecule has 68 valence electrons. The summed E-state index contributed by atoms with van der Waals surface area (Å²) >= 11 is 0. The van der Waals surface area contributed by atoms with Crippen molar-refractivity contribution in [2.45, 2.75) is 27.2 Å². The zero-order valence-corrected chi connectivity index (χ0v) is 8.13. The Bertz CT molecular complexity index is 170. The van der Waals surface area contributed by atoms with Crippen LogP contribution in [0.5, 0.6) is 0 Å². The maximum absolute atomic E-state index is 10.3. The van der Waals surface area contributed by atoms with Gasteiger partial charge in [0.1, 0.15) is 6.29 Å². The SMILES string of the molecule is C=C/C(N=C)=C(\C=O)CC.CC. The summed E-state index contributed by atoms with van der Waals surface area (Å²) in [7, 11) is 0. The van der Waals surface area contributed by atoms with Crippen LogP contribution in [0.15, 0.2) is 28.9 Å². The summed E-state index contributed by atoms with van der Waals surface area (Å²) < 4.78 is 0. The van der Waals surface area contributed by atoms with Crippen LogP contribution in [0, 0.1) is 0 Å². The summed E-state index contributed by atoms with van der Waals surface area (Å²) in [5.74, 6) is 0. The van der Waals surface area contributed by atoms with Gasteiger partial charge in [0, 0.05) is 5.57 Å². The number of carbonyl (C=O) groups is 1. The van der Waals surface area contributed by atoms with Gasteiger partial charge in [-0.05, 0) is 19.2 Å². The predicted molar refractivity (Wildman–Crippen MR) is 54.5 cm³/mol. The van der Waals surface area contributed by atoms with Gasteiger partial charge in [0.15, 0.2) is 0 Å². The normalized spacial score (nSPS) is 10.2. The van der Waals surface area contributed by atoms with Crippen LogP contribution in [0.4, 0.5) is 0 Å². The van der Waals surface area contributed by atoms with Crippen molar-refractivity contribution in [3.8, 4) is 0 Å². The van der Waals surface area contributed by atoms with Crippen LogP contribution in [0.25, 0.3) is 0 Å². The first-order valence-electron chi connectivity index (χ1n) is 4.07. The first-order chi connectivity index (χ1) is 5.79. The van der Waals surface area contributed by atoms with E-state index >= 15 is 0 Å². The number of hydrogen-bond donors (Lipinski definition) is 0. The molecular formula is C10H17NO. The van der Waals surface area contributed by atoms with Gasteiger partial charge < -0.3 is 0 Å². The van der Waals surface area contributed by atoms with Crippen LogP contribution in [-0.2, 0) is 4.79 Å². The average molecular weight is 167 g/mol. The molecule has 0 fully saturated rings. The molecular weight excluding hydrogens is 150 g/mol. The number of allylic oxidation sites excluding steroid dienone is 2. The van der Waals surface area contributed by atoms with Gasteiger partial charge in [-0.3, -0.25) is 9.79 Å². The van der Waals surface area contributed by atoms with Crippen molar-refractivity contribution in [1.29, 1.82) is 0 Å². The van der Waals surface area contributed by atoms with Crippen molar-refractivity contribution < 1.29 is 4.79 Å². The van der Waals surface area contributed by atoms with Crippen molar-refractivity contribution in [2.75, 3.05) is 0 Å². The molecule has 0 aliphatic carbocycles. The highest BCUT2D eigenvalue weighted by Gasteiger charge is 1.96. The molecule has 0 radical (unpaired) electrons. The lowest BCUT2D eigenvalue weighted by molar-refractivity contribution is -0.105. The fraction of sp³-hybridized carbons (Fsp3) is 0.400. The number of carbonyl (C=O) groups excluding carboxylic acids is 1. The second-order valence-corrected chi connectivity index (χ2v) is 1.74. The second kappa shape index (κ2) is 9.82. The molecule has 12 heavy (non-hydrogen) atoms. The third-order valence-electron chi connectivity index (χ3n) is 1.22. The minimum Gasteiger partial charge on any atom is -0.298 e. The van der Waals surface area contributed by atoms with Crippen LogP contribution in [0.3, 0.4) is 0 Å². The van der Waals surface area contributed by atoms with E-state index in [1.165, 1.54) is 6.08 Å². The van der Waals surface area contributed by atoms with Crippen LogP contribution < -0.4 is 0 Å². The Morgan fingerprint density at radius 1 is 1.50 bits per heavy atom. The minimum atomic E-state index is 0.581. The molecule has 0 rings (SSSR count). The van der Waals surface area contributed by atoms with E-state index in [1.807, 2.05) is 20.8 Å². The summed E-state index contributed by atoms with van der Waals surface area (Å²) in [6.07, 6.45) is 2.98. The van der Waals surface area contributed by atoms with Gasteiger partial charge in [-0.25, -0.2) is 0 Å². The standard InChI is InChI=1S/C8H11NO.C2H6/c1-4-7(6-10)8(5-2)9-3;1-2/h5-6H,2-4H2,1H3;1-2H3/b8-7+;. The Morgan fingerprint density at radius 3 is 2.08 bits per heavy atom. The number of aliphatic imine (C=N–C) groups is 1.